The molecule has 0 unspecified atom stereocenters. The summed E-state index contributed by atoms with van der Waals surface area (Å²) >= 11 is 0. The van der Waals surface area contributed by atoms with Gasteiger partial charge in [-0.05, 0) is 18.4 Å². The fourth-order valence-electron chi connectivity index (χ4n) is 1.33. The summed E-state index contributed by atoms with van der Waals surface area (Å²) in [5, 5.41) is 2.50. The fourth-order valence-corrected chi connectivity index (χ4v) is 1.33. The van der Waals surface area contributed by atoms with E-state index in [1.807, 2.05) is 36.6 Å². The van der Waals surface area contributed by atoms with Crippen LogP contribution in [0.3, 0.4) is 0 Å². The maximum Gasteiger partial charge on any atom is 0.408 e. The molecule has 16 heavy (non-hydrogen) atoms. The van der Waals surface area contributed by atoms with Crippen LogP contribution in [0.4, 0.5) is 4.79 Å². The van der Waals surface area contributed by atoms with Crippen LogP contribution in [-0.4, -0.2) is 17.9 Å². The van der Waals surface area contributed by atoms with E-state index >= 15 is 0 Å². The second-order valence-corrected chi connectivity index (χ2v) is 3.87. The molecule has 1 saturated carbocycles. The average Bonchev–Trinajstić information content (AvgIpc) is 3.08. The average molecular weight is 218 g/mol. The summed E-state index contributed by atoms with van der Waals surface area (Å²) in [7, 11) is 0. The number of nitrogens with one attached hydrogen (secondary N) is 1. The Morgan fingerprint density at radius 1 is 1.38 bits per heavy atom. The molecule has 0 aromatic heterocycles. The van der Waals surface area contributed by atoms with Gasteiger partial charge in [-0.15, -0.1) is 0 Å². The minimum Gasteiger partial charge on any atom is -0.445 e. The Labute approximate surface area is 93.6 Å². The van der Waals surface area contributed by atoms with Gasteiger partial charge in [0.25, 0.3) is 0 Å². The van der Waals surface area contributed by atoms with Crippen molar-refractivity contribution in [2.75, 3.05) is 0 Å². The Bertz CT molecular complexity index is 385. The van der Waals surface area contributed by atoms with E-state index in [1.165, 1.54) is 0 Å². The van der Waals surface area contributed by atoms with Crippen molar-refractivity contribution in [3.8, 4) is 0 Å². The standard InChI is InChI=1S/C12H12NO3/c14-9-12(6-7-12)13-11(15)16-8-10-4-2-1-3-5-10/h1-5H,6-8H2,(H,13,15). The minimum absolute atomic E-state index is 0.210. The largest absolute Gasteiger partial charge is 0.445 e. The first-order valence-electron chi connectivity index (χ1n) is 5.12. The van der Waals surface area contributed by atoms with Gasteiger partial charge in [0.2, 0.25) is 6.29 Å². The molecule has 4 heteroatoms. The molecule has 0 atom stereocenters. The molecule has 1 amide bonds. The number of carbonyl (C=O) groups is 1. The van der Waals surface area contributed by atoms with Gasteiger partial charge in [-0.2, -0.15) is 0 Å². The SMILES string of the molecule is O=[C]C1(NC(=O)OCc2ccccc2)CC1. The van der Waals surface area contributed by atoms with Crippen LogP contribution < -0.4 is 5.32 Å². The molecule has 83 valence electrons. The van der Waals surface area contributed by atoms with Crippen LogP contribution in [-0.2, 0) is 16.1 Å². The quantitative estimate of drug-likeness (QED) is 0.834. The van der Waals surface area contributed by atoms with Crippen molar-refractivity contribution in [3.05, 3.63) is 35.9 Å². The molecule has 1 N–H and O–H groups in total. The number of benzene rings is 1. The zero-order chi connectivity index (χ0) is 11.4. The molecule has 1 fully saturated rings. The van der Waals surface area contributed by atoms with Gasteiger partial charge in [0.1, 0.15) is 12.1 Å². The number of carbonyl (C=O) groups excluding carboxylic acids is 2. The zero-order valence-electron chi connectivity index (χ0n) is 8.73. The van der Waals surface area contributed by atoms with Crippen LogP contribution in [0, 0.1) is 0 Å². The predicted molar refractivity (Wildman–Crippen MR) is 57.4 cm³/mol. The Morgan fingerprint density at radius 3 is 2.62 bits per heavy atom. The Morgan fingerprint density at radius 2 is 2.06 bits per heavy atom. The van der Waals surface area contributed by atoms with Crippen LogP contribution in [0.15, 0.2) is 30.3 Å². The van der Waals surface area contributed by atoms with Crippen LogP contribution in [0.25, 0.3) is 0 Å². The van der Waals surface area contributed by atoms with Gasteiger partial charge in [0.15, 0.2) is 0 Å². The van der Waals surface area contributed by atoms with Gasteiger partial charge in [0, 0.05) is 0 Å². The highest BCUT2D eigenvalue weighted by Gasteiger charge is 2.45. The Kier molecular flexibility index (Phi) is 2.90. The van der Waals surface area contributed by atoms with Gasteiger partial charge in [-0.1, -0.05) is 30.3 Å². The van der Waals surface area contributed by atoms with Crippen molar-refractivity contribution in [2.45, 2.75) is 25.0 Å². The first-order chi connectivity index (χ1) is 7.74. The smallest absolute Gasteiger partial charge is 0.408 e. The number of ether oxygens (including phenoxy) is 1. The van der Waals surface area contributed by atoms with Gasteiger partial charge in [0.05, 0.1) is 0 Å². The predicted octanol–water partition coefficient (Wildman–Crippen LogP) is 1.56. The maximum absolute atomic E-state index is 11.3. The zero-order valence-corrected chi connectivity index (χ0v) is 8.73. The van der Waals surface area contributed by atoms with Crippen molar-refractivity contribution < 1.29 is 14.3 Å². The molecule has 0 spiro atoms. The molecule has 1 aromatic carbocycles. The second kappa shape index (κ2) is 4.35. The van der Waals surface area contributed by atoms with Crippen molar-refractivity contribution in [1.82, 2.24) is 5.32 Å². The third kappa shape index (κ3) is 2.59. The van der Waals surface area contributed by atoms with Crippen LogP contribution in [0.5, 0.6) is 0 Å². The number of hydrogen-bond donors (Lipinski definition) is 1. The van der Waals surface area contributed by atoms with Crippen LogP contribution in [0.1, 0.15) is 18.4 Å². The molecule has 1 aliphatic rings. The number of rotatable bonds is 4. The molecular weight excluding hydrogens is 206 g/mol. The highest BCUT2D eigenvalue weighted by Crippen LogP contribution is 2.32. The van der Waals surface area contributed by atoms with E-state index in [-0.39, 0.29) is 6.61 Å². The van der Waals surface area contributed by atoms with Gasteiger partial charge in [-0.25, -0.2) is 4.79 Å². The highest BCUT2D eigenvalue weighted by molar-refractivity contribution is 5.79. The summed E-state index contributed by atoms with van der Waals surface area (Å²) < 4.78 is 4.98. The summed E-state index contributed by atoms with van der Waals surface area (Å²) in [5.41, 5.74) is 0.144. The van der Waals surface area contributed by atoms with Gasteiger partial charge >= 0.3 is 6.09 Å². The molecule has 0 heterocycles. The summed E-state index contributed by atoms with van der Waals surface area (Å²) in [4.78, 5) is 21.8. The lowest BCUT2D eigenvalue weighted by atomic mass is 10.2. The van der Waals surface area contributed by atoms with E-state index in [0.717, 1.165) is 5.56 Å². The first kappa shape index (κ1) is 10.7. The van der Waals surface area contributed by atoms with Crippen molar-refractivity contribution in [3.63, 3.8) is 0 Å². The lowest BCUT2D eigenvalue weighted by Gasteiger charge is -2.10. The van der Waals surface area contributed by atoms with Crippen LogP contribution in [0.2, 0.25) is 0 Å². The van der Waals surface area contributed by atoms with Gasteiger partial charge in [-0.3, -0.25) is 4.79 Å². The fraction of sp³-hybridized carbons (Fsp3) is 0.333. The number of alkyl carbamates (subject to hydrolysis) is 1. The third-order valence-electron chi connectivity index (χ3n) is 2.50. The lowest BCUT2D eigenvalue weighted by Crippen LogP contribution is -2.38. The maximum atomic E-state index is 11.3. The van der Waals surface area contributed by atoms with E-state index in [1.54, 1.807) is 0 Å². The van der Waals surface area contributed by atoms with Crippen molar-refractivity contribution in [2.24, 2.45) is 0 Å². The molecular formula is C12H12NO3. The molecule has 1 aromatic rings. The van der Waals surface area contributed by atoms with Crippen molar-refractivity contribution in [1.29, 1.82) is 0 Å². The third-order valence-corrected chi connectivity index (χ3v) is 2.50. The van der Waals surface area contributed by atoms with E-state index in [9.17, 15) is 9.59 Å². The molecule has 4 nitrogen and oxygen atoms in total. The Balaban J connectivity index is 1.78. The van der Waals surface area contributed by atoms with E-state index in [0.29, 0.717) is 12.8 Å². The van der Waals surface area contributed by atoms with Crippen LogP contribution >= 0.6 is 0 Å². The summed E-state index contributed by atoms with van der Waals surface area (Å²) in [6.07, 6.45) is 2.55. The molecule has 0 saturated heterocycles. The Hall–Kier alpha value is -1.84. The van der Waals surface area contributed by atoms with Gasteiger partial charge < -0.3 is 10.1 Å². The van der Waals surface area contributed by atoms with Crippen molar-refractivity contribution >= 4 is 12.4 Å². The number of hydrogen-bond acceptors (Lipinski definition) is 3. The monoisotopic (exact) mass is 218 g/mol. The summed E-state index contributed by atoms with van der Waals surface area (Å²) in [6, 6.07) is 9.37. The number of amides is 1. The van der Waals surface area contributed by atoms with E-state index in [4.69, 9.17) is 4.74 Å². The molecule has 1 aliphatic carbocycles. The second-order valence-electron chi connectivity index (χ2n) is 3.87. The van der Waals surface area contributed by atoms with E-state index in [2.05, 4.69) is 5.32 Å². The molecule has 2 rings (SSSR count). The molecule has 1 radical (unpaired) electrons. The molecule has 0 aliphatic heterocycles. The lowest BCUT2D eigenvalue weighted by molar-refractivity contribution is 0.137. The minimum atomic E-state index is -0.770. The topological polar surface area (TPSA) is 55.4 Å². The molecule has 0 bridgehead atoms. The summed E-state index contributed by atoms with van der Waals surface area (Å²) in [5.74, 6) is 0. The van der Waals surface area contributed by atoms with E-state index < -0.39 is 11.6 Å². The normalized spacial score (nSPS) is 16.2. The highest BCUT2D eigenvalue weighted by atomic mass is 16.5. The summed E-state index contributed by atoms with van der Waals surface area (Å²) in [6.45, 7) is 0.210. The first-order valence-corrected chi connectivity index (χ1v) is 5.12.